The van der Waals surface area contributed by atoms with E-state index >= 15 is 0 Å². The Kier molecular flexibility index (Phi) is 6.45. The second kappa shape index (κ2) is 9.00. The van der Waals surface area contributed by atoms with Crippen LogP contribution in [-0.2, 0) is 9.59 Å². The highest BCUT2D eigenvalue weighted by molar-refractivity contribution is 5.95. The Labute approximate surface area is 165 Å². The third kappa shape index (κ3) is 4.97. The normalized spacial score (nSPS) is 19.3. The van der Waals surface area contributed by atoms with E-state index in [0.717, 1.165) is 11.3 Å². The molecule has 4 nitrogen and oxygen atoms in total. The molecule has 1 fully saturated rings. The van der Waals surface area contributed by atoms with Gasteiger partial charge in [-0.2, -0.15) is 0 Å². The summed E-state index contributed by atoms with van der Waals surface area (Å²) >= 11 is 0. The van der Waals surface area contributed by atoms with Crippen LogP contribution in [0.3, 0.4) is 0 Å². The Balaban J connectivity index is 1.53. The molecular weight excluding hydrogens is 355 g/mol. The molecule has 2 amide bonds. The average Bonchev–Trinajstić information content (AvgIpc) is 2.68. The van der Waals surface area contributed by atoms with Crippen LogP contribution in [0.4, 0.5) is 15.8 Å². The number of anilines is 2. The van der Waals surface area contributed by atoms with Crippen LogP contribution >= 0.6 is 0 Å². The monoisotopic (exact) mass is 382 g/mol. The van der Waals surface area contributed by atoms with Gasteiger partial charge in [0.25, 0.3) is 0 Å². The molecule has 0 aromatic heterocycles. The predicted molar refractivity (Wildman–Crippen MR) is 110 cm³/mol. The molecule has 1 saturated carbocycles. The van der Waals surface area contributed by atoms with Gasteiger partial charge in [-0.1, -0.05) is 38.1 Å². The van der Waals surface area contributed by atoms with Crippen molar-refractivity contribution in [2.75, 3.05) is 10.6 Å². The molecule has 0 atom stereocenters. The standard InChI is InChI=1S/C23H27FN2O2/c1-15(2)20-8-3-4-9-21(20)26-23(28)17-12-10-16(11-13-17)22(27)25-19-7-5-6-18(24)14-19/h3-9,14-17H,10-13H2,1-2H3,(H,25,27)(H,26,28). The fraction of sp³-hybridized carbons (Fsp3) is 0.391. The van der Waals surface area contributed by atoms with Crippen LogP contribution in [0.25, 0.3) is 0 Å². The maximum absolute atomic E-state index is 13.3. The van der Waals surface area contributed by atoms with Gasteiger partial charge in [0.15, 0.2) is 0 Å². The number of carbonyl (C=O) groups excluding carboxylic acids is 2. The molecule has 1 aliphatic carbocycles. The third-order valence-electron chi connectivity index (χ3n) is 5.40. The van der Waals surface area contributed by atoms with Gasteiger partial charge in [-0.15, -0.1) is 0 Å². The van der Waals surface area contributed by atoms with E-state index in [1.54, 1.807) is 12.1 Å². The number of carbonyl (C=O) groups is 2. The van der Waals surface area contributed by atoms with Crippen LogP contribution in [0.5, 0.6) is 0 Å². The Morgan fingerprint density at radius 1 is 0.893 bits per heavy atom. The van der Waals surface area contributed by atoms with Crippen LogP contribution < -0.4 is 10.6 Å². The van der Waals surface area contributed by atoms with Gasteiger partial charge in [-0.25, -0.2) is 4.39 Å². The number of nitrogens with one attached hydrogen (secondary N) is 2. The van der Waals surface area contributed by atoms with E-state index in [1.165, 1.54) is 12.1 Å². The molecule has 0 aliphatic heterocycles. The van der Waals surface area contributed by atoms with Crippen LogP contribution in [0, 0.1) is 17.7 Å². The lowest BCUT2D eigenvalue weighted by atomic mass is 9.81. The summed E-state index contributed by atoms with van der Waals surface area (Å²) in [6, 6.07) is 13.8. The number of benzene rings is 2. The fourth-order valence-corrected chi connectivity index (χ4v) is 3.78. The Hall–Kier alpha value is -2.69. The zero-order valence-electron chi connectivity index (χ0n) is 16.4. The van der Waals surface area contributed by atoms with E-state index in [4.69, 9.17) is 0 Å². The molecule has 0 spiro atoms. The molecule has 0 heterocycles. The maximum atomic E-state index is 13.3. The lowest BCUT2D eigenvalue weighted by Gasteiger charge is -2.27. The molecule has 148 valence electrons. The molecular formula is C23H27FN2O2. The smallest absolute Gasteiger partial charge is 0.227 e. The van der Waals surface area contributed by atoms with Gasteiger partial charge >= 0.3 is 0 Å². The summed E-state index contributed by atoms with van der Waals surface area (Å²) in [4.78, 5) is 25.1. The third-order valence-corrected chi connectivity index (χ3v) is 5.40. The molecule has 2 aromatic carbocycles. The largest absolute Gasteiger partial charge is 0.326 e. The number of para-hydroxylation sites is 1. The first-order chi connectivity index (χ1) is 13.4. The van der Waals surface area contributed by atoms with E-state index in [9.17, 15) is 14.0 Å². The molecule has 2 N–H and O–H groups in total. The molecule has 0 unspecified atom stereocenters. The summed E-state index contributed by atoms with van der Waals surface area (Å²) in [5.41, 5.74) is 2.46. The number of hydrogen-bond acceptors (Lipinski definition) is 2. The van der Waals surface area contributed by atoms with Crippen molar-refractivity contribution in [1.82, 2.24) is 0 Å². The Morgan fingerprint density at radius 3 is 2.11 bits per heavy atom. The minimum atomic E-state index is -0.375. The van der Waals surface area contributed by atoms with Crippen molar-refractivity contribution in [3.05, 3.63) is 59.9 Å². The van der Waals surface area contributed by atoms with Crippen molar-refractivity contribution in [3.63, 3.8) is 0 Å². The summed E-state index contributed by atoms with van der Waals surface area (Å²) in [6.45, 7) is 4.21. The average molecular weight is 382 g/mol. The SMILES string of the molecule is CC(C)c1ccccc1NC(=O)C1CCC(C(=O)Nc2cccc(F)c2)CC1. The summed E-state index contributed by atoms with van der Waals surface area (Å²) in [5.74, 6) is -0.348. The highest BCUT2D eigenvalue weighted by atomic mass is 19.1. The van der Waals surface area contributed by atoms with E-state index < -0.39 is 0 Å². The highest BCUT2D eigenvalue weighted by Gasteiger charge is 2.30. The van der Waals surface area contributed by atoms with Crippen LogP contribution in [-0.4, -0.2) is 11.8 Å². The highest BCUT2D eigenvalue weighted by Crippen LogP contribution is 2.31. The van der Waals surface area contributed by atoms with E-state index in [-0.39, 0.29) is 29.5 Å². The number of hydrogen-bond donors (Lipinski definition) is 2. The van der Waals surface area contributed by atoms with Crippen molar-refractivity contribution in [2.45, 2.75) is 45.4 Å². The minimum absolute atomic E-state index is 0.0251. The first-order valence-electron chi connectivity index (χ1n) is 9.90. The lowest BCUT2D eigenvalue weighted by molar-refractivity contribution is -0.125. The van der Waals surface area contributed by atoms with Gasteiger partial charge in [-0.05, 0) is 61.4 Å². The molecule has 0 bridgehead atoms. The summed E-state index contributed by atoms with van der Waals surface area (Å²) in [7, 11) is 0. The molecule has 28 heavy (non-hydrogen) atoms. The number of rotatable bonds is 5. The van der Waals surface area contributed by atoms with Crippen molar-refractivity contribution < 1.29 is 14.0 Å². The van der Waals surface area contributed by atoms with Crippen molar-refractivity contribution in [1.29, 1.82) is 0 Å². The van der Waals surface area contributed by atoms with Gasteiger partial charge in [-0.3, -0.25) is 9.59 Å². The molecule has 0 radical (unpaired) electrons. The van der Waals surface area contributed by atoms with Gasteiger partial charge in [0.05, 0.1) is 0 Å². The summed E-state index contributed by atoms with van der Waals surface area (Å²) in [6.07, 6.45) is 2.67. The van der Waals surface area contributed by atoms with Crippen LogP contribution in [0.1, 0.15) is 51.0 Å². The molecule has 0 saturated heterocycles. The molecule has 2 aromatic rings. The minimum Gasteiger partial charge on any atom is -0.326 e. The first kappa shape index (κ1) is 20.1. The van der Waals surface area contributed by atoms with Crippen LogP contribution in [0.2, 0.25) is 0 Å². The van der Waals surface area contributed by atoms with Gasteiger partial charge in [0, 0.05) is 23.2 Å². The fourth-order valence-electron chi connectivity index (χ4n) is 3.78. The van der Waals surface area contributed by atoms with Crippen molar-refractivity contribution in [3.8, 4) is 0 Å². The Bertz CT molecular complexity index is 842. The van der Waals surface area contributed by atoms with Crippen molar-refractivity contribution >= 4 is 23.2 Å². The lowest BCUT2D eigenvalue weighted by Crippen LogP contribution is -2.32. The molecule has 3 rings (SSSR count). The zero-order valence-corrected chi connectivity index (χ0v) is 16.4. The maximum Gasteiger partial charge on any atom is 0.227 e. The first-order valence-corrected chi connectivity index (χ1v) is 9.90. The topological polar surface area (TPSA) is 58.2 Å². The van der Waals surface area contributed by atoms with Gasteiger partial charge < -0.3 is 10.6 Å². The predicted octanol–water partition coefficient (Wildman–Crippen LogP) is 5.33. The van der Waals surface area contributed by atoms with Crippen LogP contribution in [0.15, 0.2) is 48.5 Å². The van der Waals surface area contributed by atoms with Gasteiger partial charge in [0.1, 0.15) is 5.82 Å². The summed E-state index contributed by atoms with van der Waals surface area (Å²) < 4.78 is 13.3. The number of halogens is 1. The number of amides is 2. The van der Waals surface area contributed by atoms with Gasteiger partial charge in [0.2, 0.25) is 11.8 Å². The molecule has 1 aliphatic rings. The second-order valence-electron chi connectivity index (χ2n) is 7.78. The zero-order chi connectivity index (χ0) is 20.1. The summed E-state index contributed by atoms with van der Waals surface area (Å²) in [5, 5.41) is 5.85. The quantitative estimate of drug-likeness (QED) is 0.734. The molecule has 5 heteroatoms. The Morgan fingerprint density at radius 2 is 1.50 bits per heavy atom. The van der Waals surface area contributed by atoms with E-state index in [0.29, 0.717) is 37.3 Å². The van der Waals surface area contributed by atoms with E-state index in [1.807, 2.05) is 24.3 Å². The second-order valence-corrected chi connectivity index (χ2v) is 7.78. The van der Waals surface area contributed by atoms with E-state index in [2.05, 4.69) is 24.5 Å². The van der Waals surface area contributed by atoms with Crippen molar-refractivity contribution in [2.24, 2.45) is 11.8 Å².